The van der Waals surface area contributed by atoms with Gasteiger partial charge in [-0.25, -0.2) is 8.42 Å². The number of likely N-dealkylation sites (tertiary alicyclic amines) is 1. The molecule has 2 rings (SSSR count). The first-order chi connectivity index (χ1) is 9.25. The molecule has 0 radical (unpaired) electrons. The first-order valence-corrected chi connectivity index (χ1v) is 8.44. The SMILES string of the molecule is CC1(CN)CCN(C(=O)c2ccc(S(C)(=O)=O)cc2)C1.Cl. The highest BCUT2D eigenvalue weighted by Gasteiger charge is 2.35. The van der Waals surface area contributed by atoms with Crippen molar-refractivity contribution in [3.8, 4) is 0 Å². The Morgan fingerprint density at radius 3 is 2.33 bits per heavy atom. The van der Waals surface area contributed by atoms with Gasteiger partial charge in [0, 0.05) is 24.9 Å². The highest BCUT2D eigenvalue weighted by atomic mass is 35.5. The van der Waals surface area contributed by atoms with Crippen LogP contribution >= 0.6 is 12.4 Å². The third kappa shape index (κ3) is 3.96. The summed E-state index contributed by atoms with van der Waals surface area (Å²) in [6.45, 7) is 3.98. The number of hydrogen-bond donors (Lipinski definition) is 1. The average molecular weight is 333 g/mol. The molecule has 1 unspecified atom stereocenters. The lowest BCUT2D eigenvalue weighted by Crippen LogP contribution is -2.34. The second-order valence-corrected chi connectivity index (χ2v) is 7.80. The minimum absolute atomic E-state index is 0. The van der Waals surface area contributed by atoms with Crippen LogP contribution in [-0.2, 0) is 9.84 Å². The summed E-state index contributed by atoms with van der Waals surface area (Å²) >= 11 is 0. The number of amides is 1. The van der Waals surface area contributed by atoms with Crippen LogP contribution < -0.4 is 5.73 Å². The number of sulfone groups is 1. The van der Waals surface area contributed by atoms with Crippen LogP contribution in [0.1, 0.15) is 23.7 Å². The van der Waals surface area contributed by atoms with Gasteiger partial charge >= 0.3 is 0 Å². The molecule has 7 heteroatoms. The van der Waals surface area contributed by atoms with Crippen LogP contribution in [0.2, 0.25) is 0 Å². The van der Waals surface area contributed by atoms with Crippen molar-refractivity contribution in [2.75, 3.05) is 25.9 Å². The maximum absolute atomic E-state index is 12.3. The molecule has 1 aliphatic rings. The molecule has 0 spiro atoms. The molecule has 1 aliphatic heterocycles. The summed E-state index contributed by atoms with van der Waals surface area (Å²) < 4.78 is 22.8. The Kier molecular flexibility index (Phi) is 5.41. The lowest BCUT2D eigenvalue weighted by molar-refractivity contribution is 0.0777. The molecule has 1 amide bonds. The molecule has 0 aromatic heterocycles. The highest BCUT2D eigenvalue weighted by molar-refractivity contribution is 7.90. The maximum Gasteiger partial charge on any atom is 0.253 e. The van der Waals surface area contributed by atoms with Gasteiger partial charge in [-0.05, 0) is 42.6 Å². The summed E-state index contributed by atoms with van der Waals surface area (Å²) in [6, 6.07) is 6.08. The van der Waals surface area contributed by atoms with Crippen molar-refractivity contribution in [2.24, 2.45) is 11.1 Å². The lowest BCUT2D eigenvalue weighted by atomic mass is 9.90. The van der Waals surface area contributed by atoms with Crippen molar-refractivity contribution in [1.29, 1.82) is 0 Å². The van der Waals surface area contributed by atoms with Gasteiger partial charge in [-0.15, -0.1) is 12.4 Å². The normalized spacial score (nSPS) is 22.0. The summed E-state index contributed by atoms with van der Waals surface area (Å²) in [4.78, 5) is 14.4. The quantitative estimate of drug-likeness (QED) is 0.905. The van der Waals surface area contributed by atoms with Gasteiger partial charge in [0.15, 0.2) is 9.84 Å². The van der Waals surface area contributed by atoms with Crippen LogP contribution in [-0.4, -0.2) is 45.1 Å². The summed E-state index contributed by atoms with van der Waals surface area (Å²) in [5.41, 5.74) is 6.23. The van der Waals surface area contributed by atoms with Crippen molar-refractivity contribution in [1.82, 2.24) is 4.90 Å². The summed E-state index contributed by atoms with van der Waals surface area (Å²) in [5.74, 6) is -0.0674. The first kappa shape index (κ1) is 17.9. The van der Waals surface area contributed by atoms with Crippen LogP contribution in [0.4, 0.5) is 0 Å². The minimum atomic E-state index is -3.23. The fourth-order valence-electron chi connectivity index (χ4n) is 2.39. The molecule has 2 N–H and O–H groups in total. The number of carbonyl (C=O) groups excluding carboxylic acids is 1. The molecule has 0 bridgehead atoms. The van der Waals surface area contributed by atoms with E-state index in [1.54, 1.807) is 17.0 Å². The lowest BCUT2D eigenvalue weighted by Gasteiger charge is -2.22. The molecule has 1 fully saturated rings. The number of carbonyl (C=O) groups is 1. The first-order valence-electron chi connectivity index (χ1n) is 6.55. The van der Waals surface area contributed by atoms with E-state index in [0.717, 1.165) is 12.7 Å². The Balaban J connectivity index is 0.00000220. The standard InChI is InChI=1S/C14H20N2O3S.ClH/c1-14(9-15)7-8-16(10-14)13(17)11-3-5-12(6-4-11)20(2,18)19;/h3-6H,7-10,15H2,1-2H3;1H. The summed E-state index contributed by atoms with van der Waals surface area (Å²) in [7, 11) is -3.23. The number of benzene rings is 1. The molecule has 1 saturated heterocycles. The molecule has 21 heavy (non-hydrogen) atoms. The third-order valence-electron chi connectivity index (χ3n) is 3.87. The van der Waals surface area contributed by atoms with Gasteiger partial charge in [-0.3, -0.25) is 4.79 Å². The molecule has 0 aliphatic carbocycles. The number of nitrogens with zero attached hydrogens (tertiary/aromatic N) is 1. The summed E-state index contributed by atoms with van der Waals surface area (Å²) in [5, 5.41) is 0. The Labute approximate surface area is 131 Å². The van der Waals surface area contributed by atoms with Gasteiger partial charge in [-0.2, -0.15) is 0 Å². The molecule has 1 heterocycles. The maximum atomic E-state index is 12.3. The van der Waals surface area contributed by atoms with Crippen molar-refractivity contribution in [2.45, 2.75) is 18.2 Å². The van der Waals surface area contributed by atoms with E-state index in [9.17, 15) is 13.2 Å². The van der Waals surface area contributed by atoms with E-state index in [-0.39, 0.29) is 28.6 Å². The minimum Gasteiger partial charge on any atom is -0.338 e. The monoisotopic (exact) mass is 332 g/mol. The Hall–Kier alpha value is -1.11. The van der Waals surface area contributed by atoms with Crippen molar-refractivity contribution in [3.63, 3.8) is 0 Å². The fourth-order valence-corrected chi connectivity index (χ4v) is 3.02. The van der Waals surface area contributed by atoms with Gasteiger partial charge < -0.3 is 10.6 Å². The Morgan fingerprint density at radius 1 is 1.33 bits per heavy atom. The van der Waals surface area contributed by atoms with Gasteiger partial charge in [0.05, 0.1) is 4.90 Å². The van der Waals surface area contributed by atoms with Gasteiger partial charge in [0.1, 0.15) is 0 Å². The number of halogens is 1. The van der Waals surface area contributed by atoms with Crippen LogP contribution in [0, 0.1) is 5.41 Å². The molecule has 1 aromatic rings. The van der Waals surface area contributed by atoms with Crippen LogP contribution in [0.3, 0.4) is 0 Å². The van der Waals surface area contributed by atoms with Crippen molar-refractivity contribution < 1.29 is 13.2 Å². The Bertz CT molecular complexity index is 616. The molecule has 1 aromatic carbocycles. The van der Waals surface area contributed by atoms with E-state index in [4.69, 9.17) is 5.73 Å². The topological polar surface area (TPSA) is 80.5 Å². The van der Waals surface area contributed by atoms with E-state index < -0.39 is 9.84 Å². The smallest absolute Gasteiger partial charge is 0.253 e. The largest absolute Gasteiger partial charge is 0.338 e. The van der Waals surface area contributed by atoms with E-state index in [0.29, 0.717) is 25.2 Å². The zero-order valence-corrected chi connectivity index (χ0v) is 13.8. The molecule has 118 valence electrons. The van der Waals surface area contributed by atoms with Crippen molar-refractivity contribution in [3.05, 3.63) is 29.8 Å². The van der Waals surface area contributed by atoms with Crippen LogP contribution in [0.5, 0.6) is 0 Å². The van der Waals surface area contributed by atoms with E-state index >= 15 is 0 Å². The van der Waals surface area contributed by atoms with E-state index in [1.807, 2.05) is 0 Å². The average Bonchev–Trinajstić information content (AvgIpc) is 2.80. The third-order valence-corrected chi connectivity index (χ3v) is 5.00. The molecular formula is C14H21ClN2O3S. The second kappa shape index (κ2) is 6.34. The van der Waals surface area contributed by atoms with Crippen LogP contribution in [0.15, 0.2) is 29.2 Å². The predicted octanol–water partition coefficient (Wildman–Crippen LogP) is 1.32. The van der Waals surface area contributed by atoms with Gasteiger partial charge in [0.25, 0.3) is 5.91 Å². The number of nitrogens with two attached hydrogens (primary N) is 1. The van der Waals surface area contributed by atoms with Gasteiger partial charge in [0.2, 0.25) is 0 Å². The van der Waals surface area contributed by atoms with E-state index in [2.05, 4.69) is 6.92 Å². The number of rotatable bonds is 3. The fraction of sp³-hybridized carbons (Fsp3) is 0.500. The molecule has 5 nitrogen and oxygen atoms in total. The van der Waals surface area contributed by atoms with Crippen LogP contribution in [0.25, 0.3) is 0 Å². The zero-order valence-electron chi connectivity index (χ0n) is 12.2. The van der Waals surface area contributed by atoms with Crippen molar-refractivity contribution >= 4 is 28.2 Å². The molecular weight excluding hydrogens is 312 g/mol. The number of hydrogen-bond acceptors (Lipinski definition) is 4. The van der Waals surface area contributed by atoms with E-state index in [1.165, 1.54) is 12.1 Å². The second-order valence-electron chi connectivity index (χ2n) is 5.79. The highest BCUT2D eigenvalue weighted by Crippen LogP contribution is 2.29. The van der Waals surface area contributed by atoms with Gasteiger partial charge in [-0.1, -0.05) is 6.92 Å². The predicted molar refractivity (Wildman–Crippen MR) is 84.5 cm³/mol. The summed E-state index contributed by atoms with van der Waals surface area (Å²) in [6.07, 6.45) is 2.05. The zero-order chi connectivity index (χ0) is 15.0. The molecule has 1 atom stereocenters. The Morgan fingerprint density at radius 2 is 1.90 bits per heavy atom. The molecule has 0 saturated carbocycles.